The van der Waals surface area contributed by atoms with Crippen molar-refractivity contribution in [2.45, 2.75) is 24.9 Å². The Hall–Kier alpha value is -2.15. The molecule has 2 saturated heterocycles. The Balaban J connectivity index is 1.68. The molecule has 1 amide bonds. The molecule has 2 aliphatic rings. The Morgan fingerprint density at radius 1 is 1.33 bits per heavy atom. The van der Waals surface area contributed by atoms with Crippen LogP contribution in [0.25, 0.3) is 0 Å². The largest absolute Gasteiger partial charge is 0.478 e. The number of nitrogens with zero attached hydrogens (tertiary/aromatic N) is 1. The van der Waals surface area contributed by atoms with Gasteiger partial charge in [0.2, 0.25) is 11.5 Å². The molecule has 0 spiro atoms. The molecule has 130 valence electrons. The van der Waals surface area contributed by atoms with Crippen molar-refractivity contribution in [1.82, 2.24) is 4.90 Å². The highest BCUT2D eigenvalue weighted by molar-refractivity contribution is 5.81. The smallest absolute Gasteiger partial charge is 0.348 e. The van der Waals surface area contributed by atoms with Gasteiger partial charge >= 0.3 is 5.97 Å². The fourth-order valence-electron chi connectivity index (χ4n) is 3.19. The number of rotatable bonds is 4. The van der Waals surface area contributed by atoms with Gasteiger partial charge in [-0.25, -0.2) is 9.18 Å². The molecule has 24 heavy (non-hydrogen) atoms. The minimum Gasteiger partial charge on any atom is -0.478 e. The first-order valence-electron chi connectivity index (χ1n) is 8.05. The molecule has 0 aromatic heterocycles. The van der Waals surface area contributed by atoms with E-state index in [-0.39, 0.29) is 30.4 Å². The summed E-state index contributed by atoms with van der Waals surface area (Å²) in [6.45, 7) is 1.62. The third kappa shape index (κ3) is 3.36. The SMILES string of the molecule is O=C([C@H]1CCOC1)N1CCC(Oc2cccc(F)c2)(C(=O)O)CC1. The second-order valence-electron chi connectivity index (χ2n) is 6.24. The molecule has 2 fully saturated rings. The summed E-state index contributed by atoms with van der Waals surface area (Å²) < 4.78 is 24.2. The van der Waals surface area contributed by atoms with E-state index < -0.39 is 17.4 Å². The number of ether oxygens (including phenoxy) is 2. The molecule has 1 atom stereocenters. The van der Waals surface area contributed by atoms with Crippen molar-refractivity contribution in [2.75, 3.05) is 26.3 Å². The number of likely N-dealkylation sites (tertiary alicyclic amines) is 1. The minimum atomic E-state index is -1.43. The van der Waals surface area contributed by atoms with E-state index in [4.69, 9.17) is 9.47 Å². The van der Waals surface area contributed by atoms with Gasteiger partial charge in [0.1, 0.15) is 11.6 Å². The standard InChI is InChI=1S/C17H20FNO5/c18-13-2-1-3-14(10-13)24-17(16(21)22)5-7-19(8-6-17)15(20)12-4-9-23-11-12/h1-3,10,12H,4-9,11H2,(H,21,22)/t12-/m0/s1. The highest BCUT2D eigenvalue weighted by Crippen LogP contribution is 2.31. The lowest BCUT2D eigenvalue weighted by atomic mass is 9.90. The van der Waals surface area contributed by atoms with Gasteiger partial charge in [0.25, 0.3) is 0 Å². The minimum absolute atomic E-state index is 0.0113. The van der Waals surface area contributed by atoms with Gasteiger partial charge < -0.3 is 19.5 Å². The third-order valence-corrected chi connectivity index (χ3v) is 4.66. The summed E-state index contributed by atoms with van der Waals surface area (Å²) in [4.78, 5) is 25.8. The number of carboxylic acids is 1. The molecule has 2 heterocycles. The van der Waals surface area contributed by atoms with E-state index in [1.807, 2.05) is 0 Å². The Morgan fingerprint density at radius 3 is 2.67 bits per heavy atom. The van der Waals surface area contributed by atoms with Crippen LogP contribution in [0.3, 0.4) is 0 Å². The highest BCUT2D eigenvalue weighted by Gasteiger charge is 2.45. The molecule has 6 nitrogen and oxygen atoms in total. The quantitative estimate of drug-likeness (QED) is 0.905. The summed E-state index contributed by atoms with van der Waals surface area (Å²) in [5.74, 6) is -1.52. The van der Waals surface area contributed by atoms with Crippen LogP contribution in [0.1, 0.15) is 19.3 Å². The van der Waals surface area contributed by atoms with Gasteiger partial charge in [-0.1, -0.05) is 6.07 Å². The van der Waals surface area contributed by atoms with Crippen molar-refractivity contribution in [1.29, 1.82) is 0 Å². The molecule has 0 bridgehead atoms. The van der Waals surface area contributed by atoms with Crippen molar-refractivity contribution in [2.24, 2.45) is 5.92 Å². The number of benzene rings is 1. The van der Waals surface area contributed by atoms with Crippen LogP contribution >= 0.6 is 0 Å². The van der Waals surface area contributed by atoms with Crippen molar-refractivity contribution in [3.63, 3.8) is 0 Å². The maximum Gasteiger partial charge on any atom is 0.348 e. The summed E-state index contributed by atoms with van der Waals surface area (Å²) in [7, 11) is 0. The predicted octanol–water partition coefficient (Wildman–Crippen LogP) is 1.69. The number of amides is 1. The molecule has 0 aliphatic carbocycles. The van der Waals surface area contributed by atoms with E-state index in [9.17, 15) is 19.1 Å². The normalized spacial score (nSPS) is 23.0. The number of carbonyl (C=O) groups excluding carboxylic acids is 1. The van der Waals surface area contributed by atoms with Crippen molar-refractivity contribution < 1.29 is 28.6 Å². The van der Waals surface area contributed by atoms with Gasteiger partial charge in [-0.15, -0.1) is 0 Å². The number of hydrogen-bond acceptors (Lipinski definition) is 4. The molecule has 3 rings (SSSR count). The lowest BCUT2D eigenvalue weighted by Gasteiger charge is -2.39. The average molecular weight is 337 g/mol. The highest BCUT2D eigenvalue weighted by atomic mass is 19.1. The van der Waals surface area contributed by atoms with E-state index in [2.05, 4.69) is 0 Å². The molecular weight excluding hydrogens is 317 g/mol. The first-order valence-corrected chi connectivity index (χ1v) is 8.05. The molecule has 1 aromatic rings. The first-order chi connectivity index (χ1) is 11.5. The van der Waals surface area contributed by atoms with Crippen molar-refractivity contribution in [3.8, 4) is 5.75 Å². The Kier molecular flexibility index (Phi) is 4.71. The lowest BCUT2D eigenvalue weighted by Crippen LogP contribution is -2.55. The molecule has 0 radical (unpaired) electrons. The molecule has 1 N–H and O–H groups in total. The van der Waals surface area contributed by atoms with Crippen LogP contribution in [0.15, 0.2) is 24.3 Å². The van der Waals surface area contributed by atoms with E-state index in [0.29, 0.717) is 32.7 Å². The van der Waals surface area contributed by atoms with Crippen LogP contribution in [0, 0.1) is 11.7 Å². The summed E-state index contributed by atoms with van der Waals surface area (Å²) in [6, 6.07) is 5.43. The molecule has 0 unspecified atom stereocenters. The second-order valence-corrected chi connectivity index (χ2v) is 6.24. The van der Waals surface area contributed by atoms with Gasteiger partial charge in [0.15, 0.2) is 0 Å². The molecule has 1 aromatic carbocycles. The van der Waals surface area contributed by atoms with Crippen molar-refractivity contribution >= 4 is 11.9 Å². The Morgan fingerprint density at radius 2 is 2.08 bits per heavy atom. The fraction of sp³-hybridized carbons (Fsp3) is 0.529. The van der Waals surface area contributed by atoms with Gasteiger partial charge in [0.05, 0.1) is 12.5 Å². The number of halogens is 1. The van der Waals surface area contributed by atoms with Crippen LogP contribution in [0.4, 0.5) is 4.39 Å². The van der Waals surface area contributed by atoms with Crippen LogP contribution in [-0.2, 0) is 14.3 Å². The van der Waals surface area contributed by atoms with E-state index in [1.54, 1.807) is 4.90 Å². The maximum atomic E-state index is 13.3. The maximum absolute atomic E-state index is 13.3. The van der Waals surface area contributed by atoms with E-state index in [1.165, 1.54) is 18.2 Å². The van der Waals surface area contributed by atoms with Crippen molar-refractivity contribution in [3.05, 3.63) is 30.1 Å². The topological polar surface area (TPSA) is 76.1 Å². The average Bonchev–Trinajstić information content (AvgIpc) is 3.09. The number of carboxylic acid groups (broad SMARTS) is 1. The second kappa shape index (κ2) is 6.76. The van der Waals surface area contributed by atoms with Gasteiger partial charge in [-0.3, -0.25) is 4.79 Å². The fourth-order valence-corrected chi connectivity index (χ4v) is 3.19. The molecule has 0 saturated carbocycles. The third-order valence-electron chi connectivity index (χ3n) is 4.66. The predicted molar refractivity (Wildman–Crippen MR) is 82.1 cm³/mol. The lowest BCUT2D eigenvalue weighted by molar-refractivity contribution is -0.162. The summed E-state index contributed by atoms with van der Waals surface area (Å²) >= 11 is 0. The monoisotopic (exact) mass is 337 g/mol. The van der Waals surface area contributed by atoms with E-state index >= 15 is 0 Å². The number of aliphatic carboxylic acids is 1. The zero-order valence-corrected chi connectivity index (χ0v) is 13.2. The molecular formula is C17H20FNO5. The van der Waals surface area contributed by atoms with Crippen LogP contribution in [0.2, 0.25) is 0 Å². The Labute approximate surface area is 139 Å². The first kappa shape index (κ1) is 16.7. The summed E-state index contributed by atoms with van der Waals surface area (Å²) in [5, 5.41) is 9.61. The Bertz CT molecular complexity index is 621. The van der Waals surface area contributed by atoms with Crippen LogP contribution < -0.4 is 4.74 Å². The van der Waals surface area contributed by atoms with E-state index in [0.717, 1.165) is 6.07 Å². The van der Waals surface area contributed by atoms with Gasteiger partial charge in [-0.2, -0.15) is 0 Å². The van der Waals surface area contributed by atoms with Crippen LogP contribution in [-0.4, -0.2) is 53.8 Å². The van der Waals surface area contributed by atoms with Gasteiger partial charge in [-0.05, 0) is 18.6 Å². The van der Waals surface area contributed by atoms with Crippen LogP contribution in [0.5, 0.6) is 5.75 Å². The zero-order chi connectivity index (χ0) is 17.2. The zero-order valence-electron chi connectivity index (χ0n) is 13.2. The summed E-state index contributed by atoms with van der Waals surface area (Å²) in [6.07, 6.45) is 1.04. The van der Waals surface area contributed by atoms with Gasteiger partial charge in [0, 0.05) is 38.6 Å². The molecule has 7 heteroatoms. The number of carbonyl (C=O) groups is 2. The molecule has 2 aliphatic heterocycles. The number of piperidine rings is 1. The number of hydrogen-bond donors (Lipinski definition) is 1. The summed E-state index contributed by atoms with van der Waals surface area (Å²) in [5.41, 5.74) is -1.43.